The van der Waals surface area contributed by atoms with Gasteiger partial charge in [-0.25, -0.2) is 4.68 Å². The molecule has 1 aliphatic rings. The Hall–Kier alpha value is -3.09. The molecule has 2 unspecified atom stereocenters. The SMILES string of the molecule is CC(=N)n1nc(-c2cc(C3CC3c3cccnc3)nn2C)cc(C)c1=N. The zero-order chi connectivity index (χ0) is 18.4. The molecule has 132 valence electrons. The Morgan fingerprint density at radius 2 is 2.04 bits per heavy atom. The van der Waals surface area contributed by atoms with Crippen LogP contribution in [0.3, 0.4) is 0 Å². The van der Waals surface area contributed by atoms with Crippen molar-refractivity contribution in [2.45, 2.75) is 32.1 Å². The maximum atomic E-state index is 8.07. The van der Waals surface area contributed by atoms with Crippen molar-refractivity contribution in [1.82, 2.24) is 24.5 Å². The van der Waals surface area contributed by atoms with E-state index in [4.69, 9.17) is 15.9 Å². The number of nitrogens with one attached hydrogen (secondary N) is 2. The molecular formula is C19H21N7. The largest absolute Gasteiger partial charge is 0.287 e. The highest BCUT2D eigenvalue weighted by Crippen LogP contribution is 2.54. The van der Waals surface area contributed by atoms with Gasteiger partial charge in [0.25, 0.3) is 0 Å². The minimum atomic E-state index is 0.223. The molecule has 0 radical (unpaired) electrons. The van der Waals surface area contributed by atoms with Crippen molar-refractivity contribution < 1.29 is 0 Å². The maximum absolute atomic E-state index is 8.07. The Morgan fingerprint density at radius 3 is 2.73 bits per heavy atom. The molecule has 0 amide bonds. The second-order valence-electron chi connectivity index (χ2n) is 6.87. The van der Waals surface area contributed by atoms with Crippen molar-refractivity contribution in [1.29, 1.82) is 10.8 Å². The Morgan fingerprint density at radius 1 is 1.23 bits per heavy atom. The summed E-state index contributed by atoms with van der Waals surface area (Å²) in [5.41, 5.74) is 4.96. The Kier molecular flexibility index (Phi) is 3.79. The minimum Gasteiger partial charge on any atom is -0.287 e. The number of aryl methyl sites for hydroxylation is 2. The van der Waals surface area contributed by atoms with E-state index in [1.165, 1.54) is 10.2 Å². The molecule has 0 aromatic carbocycles. The fourth-order valence-electron chi connectivity index (χ4n) is 3.39. The molecule has 0 aliphatic heterocycles. The molecule has 3 aromatic heterocycles. The number of nitrogens with zero attached hydrogens (tertiary/aromatic N) is 5. The van der Waals surface area contributed by atoms with Crippen LogP contribution >= 0.6 is 0 Å². The van der Waals surface area contributed by atoms with Crippen molar-refractivity contribution in [3.63, 3.8) is 0 Å². The lowest BCUT2D eigenvalue weighted by molar-refractivity contribution is 0.735. The molecule has 1 aliphatic carbocycles. The second-order valence-corrected chi connectivity index (χ2v) is 6.87. The third kappa shape index (κ3) is 2.75. The van der Waals surface area contributed by atoms with Gasteiger partial charge in [0.05, 0.1) is 11.4 Å². The fourth-order valence-corrected chi connectivity index (χ4v) is 3.39. The predicted octanol–water partition coefficient (Wildman–Crippen LogP) is 2.58. The molecule has 7 nitrogen and oxygen atoms in total. The predicted molar refractivity (Wildman–Crippen MR) is 98.2 cm³/mol. The molecule has 0 bridgehead atoms. The van der Waals surface area contributed by atoms with Crippen LogP contribution in [0.2, 0.25) is 0 Å². The first-order valence-electron chi connectivity index (χ1n) is 8.61. The van der Waals surface area contributed by atoms with E-state index in [0.717, 1.165) is 29.1 Å². The van der Waals surface area contributed by atoms with Crippen LogP contribution in [0.15, 0.2) is 36.7 Å². The quantitative estimate of drug-likeness (QED) is 0.563. The van der Waals surface area contributed by atoms with Gasteiger partial charge in [0.15, 0.2) is 5.49 Å². The first kappa shape index (κ1) is 16.4. The Labute approximate surface area is 151 Å². The van der Waals surface area contributed by atoms with Crippen LogP contribution in [0.5, 0.6) is 0 Å². The van der Waals surface area contributed by atoms with Gasteiger partial charge >= 0.3 is 0 Å². The molecule has 3 aromatic rings. The van der Waals surface area contributed by atoms with Crippen LogP contribution in [0.25, 0.3) is 11.4 Å². The van der Waals surface area contributed by atoms with Crippen molar-refractivity contribution >= 4 is 5.84 Å². The smallest absolute Gasteiger partial charge is 0.151 e. The van der Waals surface area contributed by atoms with Crippen molar-refractivity contribution in [3.05, 3.63) is 59.0 Å². The van der Waals surface area contributed by atoms with E-state index in [9.17, 15) is 0 Å². The molecule has 26 heavy (non-hydrogen) atoms. The molecule has 7 heteroatoms. The highest BCUT2D eigenvalue weighted by Gasteiger charge is 2.41. The van der Waals surface area contributed by atoms with E-state index in [-0.39, 0.29) is 11.3 Å². The van der Waals surface area contributed by atoms with Crippen LogP contribution in [-0.4, -0.2) is 30.4 Å². The van der Waals surface area contributed by atoms with Gasteiger partial charge in [-0.15, -0.1) is 0 Å². The van der Waals surface area contributed by atoms with Gasteiger partial charge in [-0.2, -0.15) is 10.2 Å². The summed E-state index contributed by atoms with van der Waals surface area (Å²) in [6.45, 7) is 3.50. The topological polar surface area (TPSA) is 96.2 Å². The summed E-state index contributed by atoms with van der Waals surface area (Å²) in [5.74, 6) is 1.11. The number of aromatic nitrogens is 5. The van der Waals surface area contributed by atoms with E-state index in [0.29, 0.717) is 11.8 Å². The van der Waals surface area contributed by atoms with E-state index < -0.39 is 0 Å². The van der Waals surface area contributed by atoms with Crippen LogP contribution in [0, 0.1) is 17.7 Å². The summed E-state index contributed by atoms with van der Waals surface area (Å²) >= 11 is 0. The van der Waals surface area contributed by atoms with Crippen LogP contribution < -0.4 is 5.49 Å². The van der Waals surface area contributed by atoms with Gasteiger partial charge in [0.1, 0.15) is 11.5 Å². The first-order chi connectivity index (χ1) is 12.5. The van der Waals surface area contributed by atoms with E-state index in [2.05, 4.69) is 22.2 Å². The first-order valence-corrected chi connectivity index (χ1v) is 8.61. The summed E-state index contributed by atoms with van der Waals surface area (Å²) in [6.07, 6.45) is 4.81. The standard InChI is InChI=1S/C19H21N7/c1-11-7-17(24-26(12(2)20)19(11)21)18-9-16(23-25(18)3)15-8-14(15)13-5-4-6-22-10-13/h4-7,9-10,14-15,20-21H,8H2,1-3H3. The minimum absolute atomic E-state index is 0.223. The van der Waals surface area contributed by atoms with Gasteiger partial charge in [0, 0.05) is 25.4 Å². The summed E-state index contributed by atoms with van der Waals surface area (Å²) in [5, 5.41) is 25.1. The normalized spacial score (nSPS) is 18.7. The zero-order valence-electron chi connectivity index (χ0n) is 15.1. The second kappa shape index (κ2) is 6.01. The van der Waals surface area contributed by atoms with Gasteiger partial charge in [-0.1, -0.05) is 6.07 Å². The lowest BCUT2D eigenvalue weighted by atomic mass is 10.1. The van der Waals surface area contributed by atoms with Crippen LogP contribution in [0.4, 0.5) is 0 Å². The Balaban J connectivity index is 1.68. The van der Waals surface area contributed by atoms with Crippen LogP contribution in [-0.2, 0) is 7.05 Å². The number of hydrogen-bond acceptors (Lipinski definition) is 5. The van der Waals surface area contributed by atoms with Crippen molar-refractivity contribution in [2.24, 2.45) is 7.05 Å². The fraction of sp³-hybridized carbons (Fsp3) is 0.316. The average molecular weight is 347 g/mol. The van der Waals surface area contributed by atoms with E-state index >= 15 is 0 Å². The number of hydrogen-bond donors (Lipinski definition) is 2. The van der Waals surface area contributed by atoms with E-state index in [1.54, 1.807) is 13.1 Å². The zero-order valence-corrected chi connectivity index (χ0v) is 15.1. The average Bonchev–Trinajstić information content (AvgIpc) is 3.33. The molecule has 0 saturated heterocycles. The molecule has 4 rings (SSSR count). The van der Waals surface area contributed by atoms with Gasteiger partial charge in [0.2, 0.25) is 0 Å². The maximum Gasteiger partial charge on any atom is 0.151 e. The lowest BCUT2D eigenvalue weighted by Crippen LogP contribution is -2.29. The summed E-state index contributed by atoms with van der Waals surface area (Å²) < 4.78 is 3.19. The van der Waals surface area contributed by atoms with Crippen molar-refractivity contribution in [2.75, 3.05) is 0 Å². The van der Waals surface area contributed by atoms with E-state index in [1.807, 2.05) is 37.0 Å². The number of pyridine rings is 1. The molecular weight excluding hydrogens is 326 g/mol. The molecule has 2 N–H and O–H groups in total. The highest BCUT2D eigenvalue weighted by atomic mass is 15.3. The molecule has 2 atom stereocenters. The molecule has 1 saturated carbocycles. The number of rotatable bonds is 3. The molecule has 0 spiro atoms. The third-order valence-electron chi connectivity index (χ3n) is 4.91. The monoisotopic (exact) mass is 347 g/mol. The third-order valence-corrected chi connectivity index (χ3v) is 4.91. The summed E-state index contributed by atoms with van der Waals surface area (Å²) in [4.78, 5) is 4.21. The summed E-state index contributed by atoms with van der Waals surface area (Å²) in [6, 6.07) is 8.06. The molecule has 1 fully saturated rings. The van der Waals surface area contributed by atoms with Crippen LogP contribution in [0.1, 0.15) is 42.0 Å². The lowest BCUT2D eigenvalue weighted by Gasteiger charge is -2.08. The van der Waals surface area contributed by atoms with Gasteiger partial charge in [-0.05, 0) is 55.5 Å². The summed E-state index contributed by atoms with van der Waals surface area (Å²) in [7, 11) is 1.91. The Bertz CT molecular complexity index is 1050. The highest BCUT2D eigenvalue weighted by molar-refractivity contribution is 5.78. The van der Waals surface area contributed by atoms with Gasteiger partial charge < -0.3 is 0 Å². The van der Waals surface area contributed by atoms with Crippen molar-refractivity contribution in [3.8, 4) is 11.4 Å². The molecule has 3 heterocycles. The van der Waals surface area contributed by atoms with Gasteiger partial charge in [-0.3, -0.25) is 20.5 Å².